The molecule has 0 amide bonds. The van der Waals surface area contributed by atoms with Gasteiger partial charge >= 0.3 is 0 Å². The van der Waals surface area contributed by atoms with Crippen LogP contribution in [-0.2, 0) is 0 Å². The van der Waals surface area contributed by atoms with Crippen molar-refractivity contribution in [2.75, 3.05) is 6.61 Å². The first-order chi connectivity index (χ1) is 15.7. The SMILES string of the molecule is CCCCCOc1ccc([C@@H]2Oc3ccccc3[C@H]3CC(c4ccc(F)cc4)=NN32)cc1. The van der Waals surface area contributed by atoms with Crippen molar-refractivity contribution in [2.45, 2.75) is 44.9 Å². The number of hydrogen-bond donors (Lipinski definition) is 0. The third kappa shape index (κ3) is 4.07. The molecule has 0 N–H and O–H groups in total. The average molecular weight is 431 g/mol. The Morgan fingerprint density at radius 2 is 1.78 bits per heavy atom. The van der Waals surface area contributed by atoms with Gasteiger partial charge in [0.15, 0.2) is 0 Å². The summed E-state index contributed by atoms with van der Waals surface area (Å²) in [6.07, 6.45) is 3.85. The molecule has 3 aromatic rings. The number of para-hydroxylation sites is 1. The molecule has 2 aliphatic rings. The van der Waals surface area contributed by atoms with Crippen molar-refractivity contribution < 1.29 is 13.9 Å². The van der Waals surface area contributed by atoms with Crippen LogP contribution < -0.4 is 9.47 Å². The molecule has 32 heavy (non-hydrogen) atoms. The Kier molecular flexibility index (Phi) is 5.80. The van der Waals surface area contributed by atoms with Gasteiger partial charge in [-0.3, -0.25) is 0 Å². The zero-order chi connectivity index (χ0) is 21.9. The third-order valence-electron chi connectivity index (χ3n) is 6.06. The van der Waals surface area contributed by atoms with Crippen molar-refractivity contribution >= 4 is 5.71 Å². The lowest BCUT2D eigenvalue weighted by Crippen LogP contribution is -2.33. The highest BCUT2D eigenvalue weighted by Crippen LogP contribution is 2.47. The van der Waals surface area contributed by atoms with Gasteiger partial charge in [-0.15, -0.1) is 0 Å². The second-order valence-electron chi connectivity index (χ2n) is 8.29. The Morgan fingerprint density at radius 1 is 1.00 bits per heavy atom. The van der Waals surface area contributed by atoms with E-state index in [-0.39, 0.29) is 18.1 Å². The maximum atomic E-state index is 13.4. The van der Waals surface area contributed by atoms with Crippen molar-refractivity contribution in [1.82, 2.24) is 5.01 Å². The summed E-state index contributed by atoms with van der Waals surface area (Å²) >= 11 is 0. The molecule has 0 radical (unpaired) electrons. The lowest BCUT2D eigenvalue weighted by atomic mass is 9.96. The highest BCUT2D eigenvalue weighted by Gasteiger charge is 2.40. The van der Waals surface area contributed by atoms with Gasteiger partial charge in [-0.1, -0.05) is 50.1 Å². The highest BCUT2D eigenvalue weighted by molar-refractivity contribution is 6.01. The molecule has 0 unspecified atom stereocenters. The zero-order valence-electron chi connectivity index (χ0n) is 18.2. The molecule has 2 atom stereocenters. The molecule has 0 fully saturated rings. The predicted molar refractivity (Wildman–Crippen MR) is 123 cm³/mol. The minimum atomic E-state index is -0.331. The van der Waals surface area contributed by atoms with Gasteiger partial charge in [0, 0.05) is 17.5 Å². The van der Waals surface area contributed by atoms with Crippen molar-refractivity contribution in [3.8, 4) is 11.5 Å². The molecule has 5 rings (SSSR count). The van der Waals surface area contributed by atoms with E-state index in [0.717, 1.165) is 53.3 Å². The van der Waals surface area contributed by atoms with E-state index >= 15 is 0 Å². The standard InChI is InChI=1S/C27H27FN2O2/c1-2-3-6-17-31-22-15-11-20(12-16-22)27-30-25(23-7-4-5-8-26(23)32-27)18-24(29-30)19-9-13-21(28)14-10-19/h4-5,7-16,25,27H,2-3,6,17-18H2,1H3/t25-,27+/m1/s1. The Balaban J connectivity index is 1.42. The van der Waals surface area contributed by atoms with Crippen LogP contribution in [0.15, 0.2) is 77.9 Å². The van der Waals surface area contributed by atoms with Crippen LogP contribution in [0.4, 0.5) is 4.39 Å². The van der Waals surface area contributed by atoms with Gasteiger partial charge in [-0.25, -0.2) is 9.40 Å². The Morgan fingerprint density at radius 3 is 2.56 bits per heavy atom. The largest absolute Gasteiger partial charge is 0.494 e. The number of fused-ring (bicyclic) bond motifs is 3. The van der Waals surface area contributed by atoms with Gasteiger partial charge in [-0.05, 0) is 54.4 Å². The molecule has 0 spiro atoms. The van der Waals surface area contributed by atoms with Crippen LogP contribution in [0.1, 0.15) is 61.6 Å². The minimum Gasteiger partial charge on any atom is -0.494 e. The van der Waals surface area contributed by atoms with Gasteiger partial charge in [0.2, 0.25) is 6.23 Å². The maximum absolute atomic E-state index is 13.4. The van der Waals surface area contributed by atoms with Crippen LogP contribution in [0.5, 0.6) is 11.5 Å². The van der Waals surface area contributed by atoms with Crippen molar-refractivity contribution in [2.24, 2.45) is 5.10 Å². The van der Waals surface area contributed by atoms with E-state index in [4.69, 9.17) is 14.6 Å². The Labute approximate surface area is 188 Å². The van der Waals surface area contributed by atoms with Crippen LogP contribution in [-0.4, -0.2) is 17.3 Å². The van der Waals surface area contributed by atoms with Crippen LogP contribution in [0.2, 0.25) is 0 Å². The van der Waals surface area contributed by atoms with E-state index in [1.807, 2.05) is 35.3 Å². The van der Waals surface area contributed by atoms with Gasteiger partial charge in [-0.2, -0.15) is 5.10 Å². The third-order valence-corrected chi connectivity index (χ3v) is 6.06. The molecule has 2 aliphatic heterocycles. The summed E-state index contributed by atoms with van der Waals surface area (Å²) in [5, 5.41) is 6.97. The molecule has 0 aliphatic carbocycles. The molecule has 4 nitrogen and oxygen atoms in total. The normalized spacial score (nSPS) is 19.1. The number of benzene rings is 3. The van der Waals surface area contributed by atoms with Crippen LogP contribution in [0, 0.1) is 5.82 Å². The molecule has 164 valence electrons. The molecular weight excluding hydrogens is 403 g/mol. The highest BCUT2D eigenvalue weighted by atomic mass is 19.1. The van der Waals surface area contributed by atoms with Crippen LogP contribution in [0.3, 0.4) is 0 Å². The fourth-order valence-electron chi connectivity index (χ4n) is 4.34. The smallest absolute Gasteiger partial charge is 0.213 e. The minimum absolute atomic E-state index is 0.0787. The first kappa shape index (κ1) is 20.6. The molecule has 3 aromatic carbocycles. The Hall–Kier alpha value is -3.34. The van der Waals surface area contributed by atoms with E-state index < -0.39 is 0 Å². The molecule has 2 heterocycles. The quantitative estimate of drug-likeness (QED) is 0.394. The maximum Gasteiger partial charge on any atom is 0.213 e. The molecule has 0 saturated heterocycles. The van der Waals surface area contributed by atoms with Crippen molar-refractivity contribution in [3.63, 3.8) is 0 Å². The van der Waals surface area contributed by atoms with Crippen LogP contribution >= 0.6 is 0 Å². The van der Waals surface area contributed by atoms with Gasteiger partial charge in [0.05, 0.1) is 18.4 Å². The number of hydrazone groups is 1. The second-order valence-corrected chi connectivity index (χ2v) is 8.29. The summed E-state index contributed by atoms with van der Waals surface area (Å²) in [7, 11) is 0. The van der Waals surface area contributed by atoms with Gasteiger partial charge < -0.3 is 9.47 Å². The lowest BCUT2D eigenvalue weighted by Gasteiger charge is -2.38. The number of nitrogens with zero attached hydrogens (tertiary/aromatic N) is 2. The fraction of sp³-hybridized carbons (Fsp3) is 0.296. The molecule has 0 saturated carbocycles. The zero-order valence-corrected chi connectivity index (χ0v) is 18.2. The number of unbranched alkanes of at least 4 members (excludes halogenated alkanes) is 2. The van der Waals surface area contributed by atoms with Gasteiger partial charge in [0.1, 0.15) is 17.3 Å². The number of rotatable bonds is 7. The lowest BCUT2D eigenvalue weighted by molar-refractivity contribution is -0.0190. The number of ether oxygens (including phenoxy) is 2. The van der Waals surface area contributed by atoms with E-state index in [9.17, 15) is 4.39 Å². The summed E-state index contributed by atoms with van der Waals surface area (Å²) in [6, 6.07) is 22.9. The van der Waals surface area contributed by atoms with E-state index in [1.54, 1.807) is 12.1 Å². The molecule has 5 heteroatoms. The monoisotopic (exact) mass is 430 g/mol. The molecular formula is C27H27FN2O2. The summed E-state index contributed by atoms with van der Waals surface area (Å²) < 4.78 is 25.7. The predicted octanol–water partition coefficient (Wildman–Crippen LogP) is 6.64. The van der Waals surface area contributed by atoms with E-state index in [1.165, 1.54) is 25.0 Å². The van der Waals surface area contributed by atoms with Crippen molar-refractivity contribution in [3.05, 3.63) is 95.3 Å². The van der Waals surface area contributed by atoms with Crippen LogP contribution in [0.25, 0.3) is 0 Å². The van der Waals surface area contributed by atoms with E-state index in [0.29, 0.717) is 0 Å². The summed E-state index contributed by atoms with van der Waals surface area (Å²) in [5.41, 5.74) is 4.03. The number of halogens is 1. The summed E-state index contributed by atoms with van der Waals surface area (Å²) in [5.74, 6) is 1.51. The second kappa shape index (κ2) is 9.03. The van der Waals surface area contributed by atoms with Gasteiger partial charge in [0.25, 0.3) is 0 Å². The topological polar surface area (TPSA) is 34.1 Å². The van der Waals surface area contributed by atoms with Crippen molar-refractivity contribution in [1.29, 1.82) is 0 Å². The van der Waals surface area contributed by atoms with E-state index in [2.05, 4.69) is 25.1 Å². The summed E-state index contributed by atoms with van der Waals surface area (Å²) in [6.45, 7) is 2.92. The Bertz CT molecular complexity index is 1100. The first-order valence-electron chi connectivity index (χ1n) is 11.3. The average Bonchev–Trinajstić information content (AvgIpc) is 3.28. The molecule has 0 aromatic heterocycles. The summed E-state index contributed by atoms with van der Waals surface area (Å²) in [4.78, 5) is 0. The fourth-order valence-corrected chi connectivity index (χ4v) is 4.34. The molecule has 0 bridgehead atoms. The number of hydrogen-bond acceptors (Lipinski definition) is 4. The first-order valence-corrected chi connectivity index (χ1v) is 11.3.